The topological polar surface area (TPSA) is 100 Å². The minimum Gasteiger partial charge on any atom is -0.493 e. The first-order valence-corrected chi connectivity index (χ1v) is 10.1. The van der Waals surface area contributed by atoms with E-state index in [1.165, 1.54) is 18.0 Å². The van der Waals surface area contributed by atoms with E-state index in [0.717, 1.165) is 5.56 Å². The molecule has 1 aromatic carbocycles. The van der Waals surface area contributed by atoms with Crippen molar-refractivity contribution in [1.82, 2.24) is 19.7 Å². The van der Waals surface area contributed by atoms with E-state index < -0.39 is 0 Å². The second-order valence-corrected chi connectivity index (χ2v) is 7.36. The number of amides is 1. The zero-order chi connectivity index (χ0) is 21.7. The molecule has 0 bridgehead atoms. The Morgan fingerprint density at radius 3 is 2.40 bits per heavy atom. The van der Waals surface area contributed by atoms with Crippen molar-refractivity contribution in [3.05, 3.63) is 35.5 Å². The van der Waals surface area contributed by atoms with Gasteiger partial charge < -0.3 is 24.1 Å². The third-order valence-corrected chi connectivity index (χ3v) is 5.33. The summed E-state index contributed by atoms with van der Waals surface area (Å²) in [6, 6.07) is 6.87. The normalized spacial score (nSPS) is 10.6. The molecular formula is C19H20ClN5O4S. The van der Waals surface area contributed by atoms with Crippen LogP contribution in [0.4, 0.5) is 5.82 Å². The number of aromatic nitrogens is 4. The minimum atomic E-state index is -0.216. The van der Waals surface area contributed by atoms with E-state index in [2.05, 4.69) is 20.5 Å². The number of rotatable bonds is 8. The average molecular weight is 450 g/mol. The maximum atomic E-state index is 12.2. The Bertz CT molecular complexity index is 1020. The quantitative estimate of drug-likeness (QED) is 0.523. The maximum Gasteiger partial charge on any atom is 0.236 e. The van der Waals surface area contributed by atoms with Gasteiger partial charge in [0.05, 0.1) is 32.1 Å². The molecule has 0 atom stereocenters. The first-order valence-electron chi connectivity index (χ1n) is 8.70. The molecule has 9 nitrogen and oxygen atoms in total. The van der Waals surface area contributed by atoms with Gasteiger partial charge in [-0.1, -0.05) is 23.4 Å². The maximum absolute atomic E-state index is 12.2. The summed E-state index contributed by atoms with van der Waals surface area (Å²) in [5.41, 5.74) is 0.737. The number of hydrogen-bond acceptors (Lipinski definition) is 8. The van der Waals surface area contributed by atoms with Gasteiger partial charge in [0.2, 0.25) is 11.7 Å². The number of benzene rings is 1. The van der Waals surface area contributed by atoms with Crippen molar-refractivity contribution in [3.63, 3.8) is 0 Å². The lowest BCUT2D eigenvalue weighted by molar-refractivity contribution is -0.113. The van der Waals surface area contributed by atoms with Crippen molar-refractivity contribution in [3.8, 4) is 28.6 Å². The summed E-state index contributed by atoms with van der Waals surface area (Å²) in [7, 11) is 6.46. The highest BCUT2D eigenvalue weighted by Gasteiger charge is 2.18. The molecule has 0 unspecified atom stereocenters. The van der Waals surface area contributed by atoms with Gasteiger partial charge in [0, 0.05) is 18.8 Å². The number of carbonyl (C=O) groups excluding carboxylic acids is 1. The number of anilines is 1. The molecule has 0 fully saturated rings. The predicted molar refractivity (Wildman–Crippen MR) is 115 cm³/mol. The van der Waals surface area contributed by atoms with E-state index in [1.54, 1.807) is 50.2 Å². The second kappa shape index (κ2) is 9.68. The van der Waals surface area contributed by atoms with E-state index in [-0.39, 0.29) is 11.7 Å². The SMILES string of the molecule is COc1cc(-c2nnc(SCC(=O)Nc3ccc(Cl)cn3)n2C)cc(OC)c1OC. The van der Waals surface area contributed by atoms with E-state index in [0.29, 0.717) is 39.1 Å². The van der Waals surface area contributed by atoms with Crippen molar-refractivity contribution in [2.45, 2.75) is 5.16 Å². The number of methoxy groups -OCH3 is 3. The summed E-state index contributed by atoms with van der Waals surface area (Å²) in [5, 5.41) is 12.2. The van der Waals surface area contributed by atoms with Crippen LogP contribution in [-0.2, 0) is 11.8 Å². The van der Waals surface area contributed by atoms with Crippen molar-refractivity contribution in [2.24, 2.45) is 7.05 Å². The molecule has 0 spiro atoms. The Hall–Kier alpha value is -2.98. The van der Waals surface area contributed by atoms with E-state index in [9.17, 15) is 4.79 Å². The molecule has 2 aromatic heterocycles. The van der Waals surface area contributed by atoms with E-state index in [1.807, 2.05) is 7.05 Å². The van der Waals surface area contributed by atoms with Gasteiger partial charge in [-0.25, -0.2) is 4.98 Å². The van der Waals surface area contributed by atoms with Gasteiger partial charge in [-0.15, -0.1) is 10.2 Å². The third kappa shape index (κ3) is 4.77. The smallest absolute Gasteiger partial charge is 0.236 e. The van der Waals surface area contributed by atoms with E-state index in [4.69, 9.17) is 25.8 Å². The van der Waals surface area contributed by atoms with Crippen molar-refractivity contribution in [2.75, 3.05) is 32.4 Å². The number of pyridine rings is 1. The van der Waals surface area contributed by atoms with Crippen LogP contribution < -0.4 is 19.5 Å². The van der Waals surface area contributed by atoms with E-state index >= 15 is 0 Å². The highest BCUT2D eigenvalue weighted by molar-refractivity contribution is 7.99. The molecular weight excluding hydrogens is 430 g/mol. The molecule has 0 aliphatic carbocycles. The van der Waals surface area contributed by atoms with Gasteiger partial charge in [-0.05, 0) is 24.3 Å². The van der Waals surface area contributed by atoms with Gasteiger partial charge in [0.1, 0.15) is 5.82 Å². The zero-order valence-corrected chi connectivity index (χ0v) is 18.4. The van der Waals surface area contributed by atoms with Crippen LogP contribution in [0.25, 0.3) is 11.4 Å². The van der Waals surface area contributed by atoms with Gasteiger partial charge in [-0.2, -0.15) is 0 Å². The zero-order valence-electron chi connectivity index (χ0n) is 16.8. The summed E-state index contributed by atoms with van der Waals surface area (Å²) in [6.45, 7) is 0. The Morgan fingerprint density at radius 2 is 1.83 bits per heavy atom. The van der Waals surface area contributed by atoms with Gasteiger partial charge >= 0.3 is 0 Å². The number of thioether (sulfide) groups is 1. The standard InChI is InChI=1S/C19H20ClN5O4S/c1-25-18(11-7-13(27-2)17(29-4)14(8-11)28-3)23-24-19(25)30-10-16(26)22-15-6-5-12(20)9-21-15/h5-9H,10H2,1-4H3,(H,21,22,26). The summed E-state index contributed by atoms with van der Waals surface area (Å²) < 4.78 is 17.9. The van der Waals surface area contributed by atoms with Crippen LogP contribution in [-0.4, -0.2) is 52.7 Å². The number of hydrogen-bond donors (Lipinski definition) is 1. The van der Waals surface area contributed by atoms with Gasteiger partial charge in [-0.3, -0.25) is 4.79 Å². The average Bonchev–Trinajstić information content (AvgIpc) is 3.13. The number of nitrogens with zero attached hydrogens (tertiary/aromatic N) is 4. The molecule has 1 N–H and O–H groups in total. The molecule has 0 aliphatic rings. The molecule has 3 rings (SSSR count). The fourth-order valence-electron chi connectivity index (χ4n) is 2.66. The summed E-state index contributed by atoms with van der Waals surface area (Å²) in [6.07, 6.45) is 1.47. The molecule has 2 heterocycles. The molecule has 0 saturated carbocycles. The predicted octanol–water partition coefficient (Wildman–Crippen LogP) is 3.29. The third-order valence-electron chi connectivity index (χ3n) is 4.09. The highest BCUT2D eigenvalue weighted by atomic mass is 35.5. The monoisotopic (exact) mass is 449 g/mol. The Kier molecular flexibility index (Phi) is 7.01. The lowest BCUT2D eigenvalue weighted by atomic mass is 10.1. The molecule has 0 radical (unpaired) electrons. The van der Waals surface area contributed by atoms with Crippen molar-refractivity contribution in [1.29, 1.82) is 0 Å². The minimum absolute atomic E-state index is 0.144. The number of halogens is 1. The van der Waals surface area contributed by atoms with Crippen LogP contribution >= 0.6 is 23.4 Å². The molecule has 158 valence electrons. The van der Waals surface area contributed by atoms with Gasteiger partial charge in [0.25, 0.3) is 0 Å². The van der Waals surface area contributed by atoms with Crippen LogP contribution in [0.1, 0.15) is 0 Å². The second-order valence-electron chi connectivity index (χ2n) is 5.98. The first kappa shape index (κ1) is 21.7. The highest BCUT2D eigenvalue weighted by Crippen LogP contribution is 2.41. The van der Waals surface area contributed by atoms with Crippen LogP contribution in [0.2, 0.25) is 5.02 Å². The lowest BCUT2D eigenvalue weighted by Crippen LogP contribution is -2.15. The molecule has 1 amide bonds. The molecule has 30 heavy (non-hydrogen) atoms. The van der Waals surface area contributed by atoms with Crippen LogP contribution in [0.15, 0.2) is 35.6 Å². The number of carbonyl (C=O) groups is 1. The fraction of sp³-hybridized carbons (Fsp3) is 0.263. The first-order chi connectivity index (χ1) is 14.5. The Morgan fingerprint density at radius 1 is 1.13 bits per heavy atom. The van der Waals surface area contributed by atoms with Crippen molar-refractivity contribution >= 4 is 35.1 Å². The molecule has 0 saturated heterocycles. The number of nitrogens with one attached hydrogen (secondary N) is 1. The van der Waals surface area contributed by atoms with Crippen LogP contribution in [0.5, 0.6) is 17.2 Å². The van der Waals surface area contributed by atoms with Crippen LogP contribution in [0.3, 0.4) is 0 Å². The summed E-state index contributed by atoms with van der Waals surface area (Å²) in [5.74, 6) is 2.47. The molecule has 0 aliphatic heterocycles. The lowest BCUT2D eigenvalue weighted by Gasteiger charge is -2.14. The Labute approximate surface area is 182 Å². The van der Waals surface area contributed by atoms with Gasteiger partial charge in [0.15, 0.2) is 22.5 Å². The van der Waals surface area contributed by atoms with Crippen molar-refractivity contribution < 1.29 is 19.0 Å². The summed E-state index contributed by atoms with van der Waals surface area (Å²) >= 11 is 7.05. The fourth-order valence-corrected chi connectivity index (χ4v) is 3.48. The summed E-state index contributed by atoms with van der Waals surface area (Å²) in [4.78, 5) is 16.2. The molecule has 3 aromatic rings. The largest absolute Gasteiger partial charge is 0.493 e. The molecule has 11 heteroatoms. The number of ether oxygens (including phenoxy) is 3. The Balaban J connectivity index is 1.74. The van der Waals surface area contributed by atoms with Crippen LogP contribution in [0, 0.1) is 0 Å².